The Labute approximate surface area is 113 Å². The molecule has 0 heterocycles. The van der Waals surface area contributed by atoms with Crippen molar-refractivity contribution in [3.63, 3.8) is 0 Å². The van der Waals surface area contributed by atoms with Gasteiger partial charge in [-0.15, -0.1) is 0 Å². The molecule has 3 unspecified atom stereocenters. The summed E-state index contributed by atoms with van der Waals surface area (Å²) < 4.78 is 0. The van der Waals surface area contributed by atoms with Gasteiger partial charge in [0.1, 0.15) is 0 Å². The molecule has 0 spiro atoms. The molecule has 3 aliphatic rings. The Morgan fingerprint density at radius 2 is 1.89 bits per heavy atom. The molecule has 3 rings (SSSR count). The first-order chi connectivity index (χ1) is 8.43. The molecule has 18 heavy (non-hydrogen) atoms. The van der Waals surface area contributed by atoms with Gasteiger partial charge in [0, 0.05) is 6.04 Å². The molecule has 5 atom stereocenters. The summed E-state index contributed by atoms with van der Waals surface area (Å²) in [5.41, 5.74) is 1.12. The van der Waals surface area contributed by atoms with Gasteiger partial charge in [0.05, 0.1) is 0 Å². The van der Waals surface area contributed by atoms with Crippen LogP contribution in [0.4, 0.5) is 0 Å². The second-order valence-electron chi connectivity index (χ2n) is 8.42. The molecule has 1 N–H and O–H groups in total. The molecule has 1 heteroatoms. The summed E-state index contributed by atoms with van der Waals surface area (Å²) in [6.45, 7) is 11.3. The average molecular weight is 249 g/mol. The van der Waals surface area contributed by atoms with E-state index >= 15 is 0 Å². The van der Waals surface area contributed by atoms with E-state index in [9.17, 15) is 0 Å². The quantitative estimate of drug-likeness (QED) is 0.789. The van der Waals surface area contributed by atoms with Crippen LogP contribution in [-0.2, 0) is 0 Å². The van der Waals surface area contributed by atoms with Crippen molar-refractivity contribution in [1.82, 2.24) is 5.32 Å². The van der Waals surface area contributed by atoms with Gasteiger partial charge < -0.3 is 5.32 Å². The molecule has 104 valence electrons. The van der Waals surface area contributed by atoms with Crippen LogP contribution >= 0.6 is 0 Å². The van der Waals surface area contributed by atoms with E-state index in [1.165, 1.54) is 45.1 Å². The number of nitrogens with one attached hydrogen (secondary N) is 1. The Morgan fingerprint density at radius 1 is 1.11 bits per heavy atom. The largest absolute Gasteiger partial charge is 0.313 e. The van der Waals surface area contributed by atoms with Crippen molar-refractivity contribution < 1.29 is 0 Å². The highest BCUT2D eigenvalue weighted by molar-refractivity contribution is 5.12. The first-order valence-electron chi connectivity index (χ1n) is 8.17. The molecule has 0 saturated heterocycles. The maximum absolute atomic E-state index is 4.02. The van der Waals surface area contributed by atoms with Crippen molar-refractivity contribution in [1.29, 1.82) is 0 Å². The molecule has 3 fully saturated rings. The van der Waals surface area contributed by atoms with Crippen LogP contribution < -0.4 is 5.32 Å². The van der Waals surface area contributed by atoms with E-state index < -0.39 is 0 Å². The van der Waals surface area contributed by atoms with Crippen LogP contribution in [0.1, 0.15) is 66.2 Å². The lowest BCUT2D eigenvalue weighted by Crippen LogP contribution is -2.51. The molecule has 2 bridgehead atoms. The SMILES string of the molecule is CC1CCCC1CNC1C(C)(C)[C@H]2CC[C@]1(C)C2. The van der Waals surface area contributed by atoms with E-state index in [0.29, 0.717) is 10.8 Å². The Morgan fingerprint density at radius 3 is 2.44 bits per heavy atom. The van der Waals surface area contributed by atoms with Crippen molar-refractivity contribution in [3.05, 3.63) is 0 Å². The van der Waals surface area contributed by atoms with Gasteiger partial charge in [0.25, 0.3) is 0 Å². The third-order valence-corrected chi connectivity index (χ3v) is 6.89. The topological polar surface area (TPSA) is 12.0 Å². The normalized spacial score (nSPS) is 50.0. The summed E-state index contributed by atoms with van der Waals surface area (Å²) in [7, 11) is 0. The molecule has 0 radical (unpaired) electrons. The molecule has 0 aromatic rings. The maximum Gasteiger partial charge on any atom is 0.0175 e. The molecular formula is C17H31N. The van der Waals surface area contributed by atoms with E-state index in [2.05, 4.69) is 33.0 Å². The highest BCUT2D eigenvalue weighted by atomic mass is 15.0. The lowest BCUT2D eigenvalue weighted by Gasteiger charge is -2.44. The standard InChI is InChI=1S/C17H31N/c1-12-6-5-7-13(12)11-18-15-16(2,3)14-8-9-17(15,4)10-14/h12-15,18H,5-11H2,1-4H3/t12?,13?,14-,15?,17+/m0/s1. The van der Waals surface area contributed by atoms with Crippen LogP contribution in [-0.4, -0.2) is 12.6 Å². The van der Waals surface area contributed by atoms with Crippen LogP contribution in [0.2, 0.25) is 0 Å². The number of rotatable bonds is 3. The number of fused-ring (bicyclic) bond motifs is 2. The Balaban J connectivity index is 1.65. The van der Waals surface area contributed by atoms with E-state index in [1.54, 1.807) is 0 Å². The smallest absolute Gasteiger partial charge is 0.0175 e. The van der Waals surface area contributed by atoms with Gasteiger partial charge in [0.2, 0.25) is 0 Å². The monoisotopic (exact) mass is 249 g/mol. The number of hydrogen-bond acceptors (Lipinski definition) is 1. The van der Waals surface area contributed by atoms with E-state index in [1.807, 2.05) is 0 Å². The zero-order chi connectivity index (χ0) is 13.0. The fraction of sp³-hybridized carbons (Fsp3) is 1.00. The summed E-state index contributed by atoms with van der Waals surface area (Å²) in [4.78, 5) is 0. The maximum atomic E-state index is 4.02. The molecule has 1 nitrogen and oxygen atoms in total. The second-order valence-corrected chi connectivity index (χ2v) is 8.42. The predicted molar refractivity (Wildman–Crippen MR) is 77.5 cm³/mol. The molecule has 3 saturated carbocycles. The van der Waals surface area contributed by atoms with Gasteiger partial charge >= 0.3 is 0 Å². The zero-order valence-corrected chi connectivity index (χ0v) is 12.8. The number of hydrogen-bond donors (Lipinski definition) is 1. The highest BCUT2D eigenvalue weighted by Crippen LogP contribution is 2.62. The molecule has 0 aliphatic heterocycles. The summed E-state index contributed by atoms with van der Waals surface area (Å²) in [6.07, 6.45) is 8.78. The minimum Gasteiger partial charge on any atom is -0.313 e. The van der Waals surface area contributed by atoms with Crippen LogP contribution in [0.5, 0.6) is 0 Å². The van der Waals surface area contributed by atoms with Crippen LogP contribution in [0.15, 0.2) is 0 Å². The fourth-order valence-electron chi connectivity index (χ4n) is 5.61. The minimum absolute atomic E-state index is 0.523. The molecule has 3 aliphatic carbocycles. The van der Waals surface area contributed by atoms with Crippen LogP contribution in [0, 0.1) is 28.6 Å². The lowest BCUT2D eigenvalue weighted by molar-refractivity contribution is 0.103. The summed E-state index contributed by atoms with van der Waals surface area (Å²) in [5.74, 6) is 2.87. The fourth-order valence-corrected chi connectivity index (χ4v) is 5.61. The van der Waals surface area contributed by atoms with Crippen molar-refractivity contribution in [3.8, 4) is 0 Å². The highest BCUT2D eigenvalue weighted by Gasteiger charge is 2.59. The van der Waals surface area contributed by atoms with E-state index in [4.69, 9.17) is 0 Å². The van der Waals surface area contributed by atoms with E-state index in [0.717, 1.165) is 23.8 Å². The molecule has 0 aromatic heterocycles. The zero-order valence-electron chi connectivity index (χ0n) is 12.8. The third-order valence-electron chi connectivity index (χ3n) is 6.89. The van der Waals surface area contributed by atoms with Crippen molar-refractivity contribution in [2.24, 2.45) is 28.6 Å². The second kappa shape index (κ2) is 4.23. The van der Waals surface area contributed by atoms with Gasteiger partial charge in [-0.25, -0.2) is 0 Å². The predicted octanol–water partition coefficient (Wildman–Crippen LogP) is 4.23. The summed E-state index contributed by atoms with van der Waals surface area (Å²) in [5, 5.41) is 4.02. The van der Waals surface area contributed by atoms with Gasteiger partial charge in [-0.3, -0.25) is 0 Å². The average Bonchev–Trinajstić information content (AvgIpc) is 2.90. The van der Waals surface area contributed by atoms with Gasteiger partial charge in [0.15, 0.2) is 0 Å². The Bertz CT molecular complexity index is 317. The lowest BCUT2D eigenvalue weighted by atomic mass is 9.68. The van der Waals surface area contributed by atoms with Crippen molar-refractivity contribution in [2.45, 2.75) is 72.3 Å². The molecule has 0 amide bonds. The third kappa shape index (κ3) is 1.85. The van der Waals surface area contributed by atoms with Crippen molar-refractivity contribution >= 4 is 0 Å². The van der Waals surface area contributed by atoms with Gasteiger partial charge in [-0.05, 0) is 60.8 Å². The summed E-state index contributed by atoms with van der Waals surface area (Å²) in [6, 6.07) is 0.761. The summed E-state index contributed by atoms with van der Waals surface area (Å²) >= 11 is 0. The van der Waals surface area contributed by atoms with Crippen molar-refractivity contribution in [2.75, 3.05) is 6.54 Å². The first kappa shape index (κ1) is 13.0. The van der Waals surface area contributed by atoms with Crippen LogP contribution in [0.3, 0.4) is 0 Å². The van der Waals surface area contributed by atoms with Gasteiger partial charge in [-0.1, -0.05) is 40.5 Å². The first-order valence-corrected chi connectivity index (χ1v) is 8.17. The Kier molecular flexibility index (Phi) is 3.05. The molecular weight excluding hydrogens is 218 g/mol. The van der Waals surface area contributed by atoms with Gasteiger partial charge in [-0.2, -0.15) is 0 Å². The van der Waals surface area contributed by atoms with E-state index in [-0.39, 0.29) is 0 Å². The minimum atomic E-state index is 0.523. The van der Waals surface area contributed by atoms with Crippen LogP contribution in [0.25, 0.3) is 0 Å². The molecule has 0 aromatic carbocycles. The Hall–Kier alpha value is -0.0400.